The van der Waals surface area contributed by atoms with Crippen molar-refractivity contribution in [2.75, 3.05) is 12.3 Å². The first-order chi connectivity index (χ1) is 10.7. The van der Waals surface area contributed by atoms with E-state index in [0.29, 0.717) is 19.4 Å². The van der Waals surface area contributed by atoms with Crippen molar-refractivity contribution >= 4 is 11.6 Å². The number of hydrogen-bond acceptors (Lipinski definition) is 3. The van der Waals surface area contributed by atoms with E-state index in [0.717, 1.165) is 29.0 Å². The van der Waals surface area contributed by atoms with E-state index in [2.05, 4.69) is 5.32 Å². The molecule has 1 unspecified atom stereocenters. The Labute approximate surface area is 130 Å². The molecule has 114 valence electrons. The molecule has 1 aliphatic heterocycles. The summed E-state index contributed by atoms with van der Waals surface area (Å²) in [6.45, 7) is 0.633. The second kappa shape index (κ2) is 6.52. The maximum Gasteiger partial charge on any atom is 0.220 e. The molecule has 2 aromatic carbocycles. The van der Waals surface area contributed by atoms with Crippen molar-refractivity contribution in [3.05, 3.63) is 59.7 Å². The van der Waals surface area contributed by atoms with Gasteiger partial charge in [0.2, 0.25) is 5.91 Å². The van der Waals surface area contributed by atoms with Crippen LogP contribution in [0.15, 0.2) is 48.5 Å². The molecule has 0 radical (unpaired) electrons. The molecule has 1 heterocycles. The first-order valence-corrected chi connectivity index (χ1v) is 7.58. The number of rotatable bonds is 4. The molecule has 3 rings (SSSR count). The minimum Gasteiger partial charge on any atom is -0.493 e. The minimum atomic E-state index is 0.0329. The van der Waals surface area contributed by atoms with Gasteiger partial charge in [-0.05, 0) is 24.1 Å². The van der Waals surface area contributed by atoms with Crippen LogP contribution in [0.2, 0.25) is 0 Å². The summed E-state index contributed by atoms with van der Waals surface area (Å²) in [5.41, 5.74) is 8.72. The Morgan fingerprint density at radius 2 is 1.95 bits per heavy atom. The first-order valence-electron chi connectivity index (χ1n) is 7.58. The zero-order chi connectivity index (χ0) is 15.4. The molecule has 3 N–H and O–H groups in total. The molecule has 0 spiro atoms. The average Bonchev–Trinajstić information content (AvgIpc) is 2.54. The van der Waals surface area contributed by atoms with E-state index >= 15 is 0 Å². The number of benzene rings is 2. The van der Waals surface area contributed by atoms with E-state index in [-0.39, 0.29) is 11.9 Å². The SMILES string of the molecule is Nc1ccccc1CCC(=O)NC1CCOc2ccccc21. The summed E-state index contributed by atoms with van der Waals surface area (Å²) in [6, 6.07) is 15.6. The summed E-state index contributed by atoms with van der Waals surface area (Å²) in [5, 5.41) is 3.11. The van der Waals surface area contributed by atoms with E-state index in [1.165, 1.54) is 0 Å². The third kappa shape index (κ3) is 3.22. The first kappa shape index (κ1) is 14.4. The van der Waals surface area contributed by atoms with Crippen LogP contribution in [0.25, 0.3) is 0 Å². The van der Waals surface area contributed by atoms with Gasteiger partial charge in [-0.3, -0.25) is 4.79 Å². The van der Waals surface area contributed by atoms with E-state index < -0.39 is 0 Å². The molecule has 0 saturated carbocycles. The third-order valence-electron chi connectivity index (χ3n) is 3.97. The second-order valence-electron chi connectivity index (χ2n) is 5.49. The molecule has 0 aromatic heterocycles. The van der Waals surface area contributed by atoms with Crippen LogP contribution in [-0.2, 0) is 11.2 Å². The van der Waals surface area contributed by atoms with Crippen LogP contribution in [0.3, 0.4) is 0 Å². The summed E-state index contributed by atoms with van der Waals surface area (Å²) < 4.78 is 5.61. The second-order valence-corrected chi connectivity index (χ2v) is 5.49. The van der Waals surface area contributed by atoms with Gasteiger partial charge in [0, 0.05) is 24.1 Å². The smallest absolute Gasteiger partial charge is 0.220 e. The topological polar surface area (TPSA) is 64.4 Å². The van der Waals surface area contributed by atoms with Crippen molar-refractivity contribution in [2.24, 2.45) is 0 Å². The van der Waals surface area contributed by atoms with Gasteiger partial charge in [-0.15, -0.1) is 0 Å². The number of carbonyl (C=O) groups excluding carboxylic acids is 1. The molecule has 1 amide bonds. The molecule has 0 saturated heterocycles. The minimum absolute atomic E-state index is 0.0329. The van der Waals surface area contributed by atoms with Crippen LogP contribution in [0.4, 0.5) is 5.69 Å². The highest BCUT2D eigenvalue weighted by atomic mass is 16.5. The van der Waals surface area contributed by atoms with Gasteiger partial charge in [0.1, 0.15) is 5.75 Å². The van der Waals surface area contributed by atoms with Gasteiger partial charge < -0.3 is 15.8 Å². The quantitative estimate of drug-likeness (QED) is 0.853. The number of para-hydroxylation sites is 2. The van der Waals surface area contributed by atoms with Gasteiger partial charge in [-0.25, -0.2) is 0 Å². The van der Waals surface area contributed by atoms with Gasteiger partial charge in [0.15, 0.2) is 0 Å². The number of carbonyl (C=O) groups is 1. The van der Waals surface area contributed by atoms with E-state index in [9.17, 15) is 4.79 Å². The molecule has 2 aromatic rings. The number of nitrogens with one attached hydrogen (secondary N) is 1. The highest BCUT2D eigenvalue weighted by Gasteiger charge is 2.22. The van der Waals surface area contributed by atoms with E-state index in [4.69, 9.17) is 10.5 Å². The van der Waals surface area contributed by atoms with Crippen LogP contribution in [0, 0.1) is 0 Å². The summed E-state index contributed by atoms with van der Waals surface area (Å²) in [4.78, 5) is 12.2. The zero-order valence-corrected chi connectivity index (χ0v) is 12.4. The van der Waals surface area contributed by atoms with Crippen molar-refractivity contribution in [1.82, 2.24) is 5.32 Å². The molecular formula is C18H20N2O2. The van der Waals surface area contributed by atoms with Gasteiger partial charge in [-0.2, -0.15) is 0 Å². The lowest BCUT2D eigenvalue weighted by Crippen LogP contribution is -2.32. The Morgan fingerprint density at radius 1 is 1.18 bits per heavy atom. The molecule has 0 fully saturated rings. The number of nitrogens with two attached hydrogens (primary N) is 1. The molecule has 1 atom stereocenters. The Balaban J connectivity index is 1.60. The molecule has 4 heteroatoms. The summed E-state index contributed by atoms with van der Waals surface area (Å²) in [7, 11) is 0. The van der Waals surface area contributed by atoms with E-state index in [1.807, 2.05) is 48.5 Å². The lowest BCUT2D eigenvalue weighted by Gasteiger charge is -2.26. The maximum atomic E-state index is 12.2. The monoisotopic (exact) mass is 296 g/mol. The number of nitrogen functional groups attached to an aromatic ring is 1. The molecule has 22 heavy (non-hydrogen) atoms. The zero-order valence-electron chi connectivity index (χ0n) is 12.4. The normalized spacial score (nSPS) is 16.5. The van der Waals surface area contributed by atoms with Gasteiger partial charge >= 0.3 is 0 Å². The molecule has 4 nitrogen and oxygen atoms in total. The Morgan fingerprint density at radius 3 is 2.82 bits per heavy atom. The van der Waals surface area contributed by atoms with Crippen LogP contribution >= 0.6 is 0 Å². The highest BCUT2D eigenvalue weighted by molar-refractivity contribution is 5.77. The van der Waals surface area contributed by atoms with Crippen molar-refractivity contribution < 1.29 is 9.53 Å². The third-order valence-corrected chi connectivity index (χ3v) is 3.97. The van der Waals surface area contributed by atoms with Crippen molar-refractivity contribution in [2.45, 2.75) is 25.3 Å². The largest absolute Gasteiger partial charge is 0.493 e. The van der Waals surface area contributed by atoms with Gasteiger partial charge in [-0.1, -0.05) is 36.4 Å². The fourth-order valence-corrected chi connectivity index (χ4v) is 2.77. The lowest BCUT2D eigenvalue weighted by atomic mass is 10.00. The van der Waals surface area contributed by atoms with Crippen LogP contribution < -0.4 is 15.8 Å². The molecule has 0 aliphatic carbocycles. The number of fused-ring (bicyclic) bond motifs is 1. The Kier molecular flexibility index (Phi) is 4.28. The maximum absolute atomic E-state index is 12.2. The number of amides is 1. The number of anilines is 1. The fourth-order valence-electron chi connectivity index (χ4n) is 2.77. The highest BCUT2D eigenvalue weighted by Crippen LogP contribution is 2.31. The van der Waals surface area contributed by atoms with Gasteiger partial charge in [0.05, 0.1) is 12.6 Å². The van der Waals surface area contributed by atoms with Crippen molar-refractivity contribution in [1.29, 1.82) is 0 Å². The van der Waals surface area contributed by atoms with E-state index in [1.54, 1.807) is 0 Å². The fraction of sp³-hybridized carbons (Fsp3) is 0.278. The number of hydrogen-bond donors (Lipinski definition) is 2. The summed E-state index contributed by atoms with van der Waals surface area (Å²) in [5.74, 6) is 0.913. The summed E-state index contributed by atoms with van der Waals surface area (Å²) >= 11 is 0. The van der Waals surface area contributed by atoms with Gasteiger partial charge in [0.25, 0.3) is 0 Å². The van der Waals surface area contributed by atoms with Crippen LogP contribution in [-0.4, -0.2) is 12.5 Å². The standard InChI is InChI=1S/C18H20N2O2/c19-15-7-3-1-5-13(15)9-10-18(21)20-16-11-12-22-17-8-4-2-6-14(16)17/h1-8,16H,9-12,19H2,(H,20,21). The number of aryl methyl sites for hydroxylation is 1. The number of ether oxygens (including phenoxy) is 1. The molecule has 0 bridgehead atoms. The van der Waals surface area contributed by atoms with Crippen molar-refractivity contribution in [3.8, 4) is 5.75 Å². The van der Waals surface area contributed by atoms with Crippen LogP contribution in [0.5, 0.6) is 5.75 Å². The Hall–Kier alpha value is -2.49. The van der Waals surface area contributed by atoms with Crippen LogP contribution in [0.1, 0.15) is 30.0 Å². The molecule has 1 aliphatic rings. The lowest BCUT2D eigenvalue weighted by molar-refractivity contribution is -0.122. The predicted octanol–water partition coefficient (Wildman–Crippen LogP) is 2.84. The predicted molar refractivity (Wildman–Crippen MR) is 86.6 cm³/mol. The summed E-state index contributed by atoms with van der Waals surface area (Å²) in [6.07, 6.45) is 1.90. The Bertz CT molecular complexity index is 670. The molecular weight excluding hydrogens is 276 g/mol. The average molecular weight is 296 g/mol. The van der Waals surface area contributed by atoms with Crippen molar-refractivity contribution in [3.63, 3.8) is 0 Å².